The number of nitrogens with zero attached hydrogens (tertiary/aromatic N) is 1. The molecule has 3 N–H and O–H groups in total. The van der Waals surface area contributed by atoms with Crippen LogP contribution < -0.4 is 10.6 Å². The second-order valence-electron chi connectivity index (χ2n) is 4.66. The smallest absolute Gasteiger partial charge is 0.123 e. The minimum Gasteiger partial charge on any atom is -0.384 e. The Bertz CT molecular complexity index is 398. The van der Waals surface area contributed by atoms with E-state index in [-0.39, 0.29) is 5.84 Å². The summed E-state index contributed by atoms with van der Waals surface area (Å²) in [5.41, 5.74) is 8.59. The lowest BCUT2D eigenvalue weighted by Gasteiger charge is -2.27. The fourth-order valence-electron chi connectivity index (χ4n) is 2.04. The summed E-state index contributed by atoms with van der Waals surface area (Å²) in [7, 11) is 2.11. The summed E-state index contributed by atoms with van der Waals surface area (Å²) in [6.07, 6.45) is 2.38. The molecule has 1 aromatic carbocycles. The highest BCUT2D eigenvalue weighted by molar-refractivity contribution is 5.96. The highest BCUT2D eigenvalue weighted by Crippen LogP contribution is 2.21. The molecule has 3 heteroatoms. The van der Waals surface area contributed by atoms with Crippen LogP contribution in [0.4, 0.5) is 5.69 Å². The number of aryl methyl sites for hydroxylation is 1. The highest BCUT2D eigenvalue weighted by atomic mass is 15.1. The van der Waals surface area contributed by atoms with Crippen LogP contribution in [-0.2, 0) is 0 Å². The molecule has 0 radical (unpaired) electrons. The Morgan fingerprint density at radius 3 is 2.59 bits per heavy atom. The lowest BCUT2D eigenvalue weighted by atomic mass is 10.1. The zero-order valence-electron chi connectivity index (χ0n) is 11.2. The lowest BCUT2D eigenvalue weighted by Crippen LogP contribution is -2.28. The molecule has 17 heavy (non-hydrogen) atoms. The molecular formula is C14H23N3. The summed E-state index contributed by atoms with van der Waals surface area (Å²) in [6.45, 7) is 6.44. The Morgan fingerprint density at radius 1 is 1.47 bits per heavy atom. The molecule has 0 bridgehead atoms. The molecule has 0 aliphatic rings. The predicted octanol–water partition coefficient (Wildman–Crippen LogP) is 2.90. The normalized spacial score (nSPS) is 12.2. The second kappa shape index (κ2) is 5.71. The van der Waals surface area contributed by atoms with Crippen LogP contribution in [0.5, 0.6) is 0 Å². The van der Waals surface area contributed by atoms with E-state index in [1.165, 1.54) is 18.5 Å². The van der Waals surface area contributed by atoms with Gasteiger partial charge in [-0.1, -0.05) is 13.3 Å². The third kappa shape index (κ3) is 3.22. The Morgan fingerprint density at radius 2 is 2.12 bits per heavy atom. The fourth-order valence-corrected chi connectivity index (χ4v) is 2.04. The molecule has 1 atom stereocenters. The molecule has 0 aliphatic heterocycles. The third-order valence-corrected chi connectivity index (χ3v) is 3.28. The van der Waals surface area contributed by atoms with Gasteiger partial charge < -0.3 is 10.6 Å². The Hall–Kier alpha value is -1.51. The van der Waals surface area contributed by atoms with Gasteiger partial charge in [0.15, 0.2) is 0 Å². The number of amidine groups is 1. The standard InChI is InChI=1S/C14H23N3/c1-5-6-11(3)17(4)12-7-8-13(14(15)16)10(2)9-12/h7-9,11H,5-6H2,1-4H3,(H3,15,16). The average molecular weight is 233 g/mol. The maximum atomic E-state index is 7.47. The summed E-state index contributed by atoms with van der Waals surface area (Å²) < 4.78 is 0. The van der Waals surface area contributed by atoms with Crippen LogP contribution in [0, 0.1) is 12.3 Å². The highest BCUT2D eigenvalue weighted by Gasteiger charge is 2.10. The molecule has 1 rings (SSSR count). The summed E-state index contributed by atoms with van der Waals surface area (Å²) in [5.74, 6) is 0.137. The topological polar surface area (TPSA) is 53.1 Å². The van der Waals surface area contributed by atoms with Crippen LogP contribution in [0.15, 0.2) is 18.2 Å². The van der Waals surface area contributed by atoms with Crippen molar-refractivity contribution in [3.63, 3.8) is 0 Å². The summed E-state index contributed by atoms with van der Waals surface area (Å²) in [5, 5.41) is 7.47. The Kier molecular flexibility index (Phi) is 4.55. The SMILES string of the molecule is CCCC(C)N(C)c1ccc(C(=N)N)c(C)c1. The number of nitrogens with one attached hydrogen (secondary N) is 1. The van der Waals surface area contributed by atoms with Crippen molar-refractivity contribution >= 4 is 11.5 Å². The van der Waals surface area contributed by atoms with E-state index in [0.717, 1.165) is 11.1 Å². The monoisotopic (exact) mass is 233 g/mol. The largest absolute Gasteiger partial charge is 0.384 e. The Balaban J connectivity index is 2.93. The van der Waals surface area contributed by atoms with E-state index < -0.39 is 0 Å². The first-order chi connectivity index (χ1) is 7.97. The molecule has 0 saturated heterocycles. The number of hydrogen-bond donors (Lipinski definition) is 2. The van der Waals surface area contributed by atoms with Gasteiger partial charge in [-0.3, -0.25) is 5.41 Å². The molecule has 0 aliphatic carbocycles. The van der Waals surface area contributed by atoms with Crippen molar-refractivity contribution in [1.82, 2.24) is 0 Å². The van der Waals surface area contributed by atoms with Crippen molar-refractivity contribution in [2.75, 3.05) is 11.9 Å². The van der Waals surface area contributed by atoms with Crippen LogP contribution in [0.1, 0.15) is 37.8 Å². The number of rotatable bonds is 5. The van der Waals surface area contributed by atoms with Crippen molar-refractivity contribution in [3.05, 3.63) is 29.3 Å². The van der Waals surface area contributed by atoms with Crippen LogP contribution >= 0.6 is 0 Å². The van der Waals surface area contributed by atoms with Crippen LogP contribution in [0.25, 0.3) is 0 Å². The van der Waals surface area contributed by atoms with E-state index in [4.69, 9.17) is 11.1 Å². The molecule has 94 valence electrons. The molecular weight excluding hydrogens is 210 g/mol. The Labute approximate surface area is 104 Å². The van der Waals surface area contributed by atoms with Gasteiger partial charge in [0.2, 0.25) is 0 Å². The van der Waals surface area contributed by atoms with Gasteiger partial charge in [0.1, 0.15) is 5.84 Å². The van der Waals surface area contributed by atoms with Gasteiger partial charge in [-0.15, -0.1) is 0 Å². The van der Waals surface area contributed by atoms with E-state index >= 15 is 0 Å². The molecule has 0 amide bonds. The van der Waals surface area contributed by atoms with E-state index in [2.05, 4.69) is 31.9 Å². The molecule has 1 aromatic rings. The van der Waals surface area contributed by atoms with Crippen molar-refractivity contribution in [1.29, 1.82) is 5.41 Å². The van der Waals surface area contributed by atoms with E-state index in [0.29, 0.717) is 6.04 Å². The van der Waals surface area contributed by atoms with Gasteiger partial charge in [0, 0.05) is 24.3 Å². The first-order valence-corrected chi connectivity index (χ1v) is 6.15. The molecule has 3 nitrogen and oxygen atoms in total. The van der Waals surface area contributed by atoms with Gasteiger partial charge in [-0.2, -0.15) is 0 Å². The molecule has 0 saturated carbocycles. The van der Waals surface area contributed by atoms with Gasteiger partial charge in [0.05, 0.1) is 0 Å². The quantitative estimate of drug-likeness (QED) is 0.607. The van der Waals surface area contributed by atoms with Gasteiger partial charge in [-0.05, 0) is 44.0 Å². The summed E-state index contributed by atoms with van der Waals surface area (Å²) in [6, 6.07) is 6.60. The second-order valence-corrected chi connectivity index (χ2v) is 4.66. The first-order valence-electron chi connectivity index (χ1n) is 6.15. The molecule has 0 heterocycles. The van der Waals surface area contributed by atoms with Crippen molar-refractivity contribution in [3.8, 4) is 0 Å². The fraction of sp³-hybridized carbons (Fsp3) is 0.500. The van der Waals surface area contributed by atoms with Gasteiger partial charge >= 0.3 is 0 Å². The lowest BCUT2D eigenvalue weighted by molar-refractivity contribution is 0.616. The number of benzene rings is 1. The van der Waals surface area contributed by atoms with Crippen molar-refractivity contribution < 1.29 is 0 Å². The van der Waals surface area contributed by atoms with E-state index in [1.54, 1.807) is 0 Å². The van der Waals surface area contributed by atoms with Crippen molar-refractivity contribution in [2.45, 2.75) is 39.7 Å². The van der Waals surface area contributed by atoms with Crippen LogP contribution in [0.3, 0.4) is 0 Å². The minimum absolute atomic E-state index is 0.137. The van der Waals surface area contributed by atoms with Gasteiger partial charge in [-0.25, -0.2) is 0 Å². The zero-order valence-corrected chi connectivity index (χ0v) is 11.2. The van der Waals surface area contributed by atoms with E-state index in [1.807, 2.05) is 19.1 Å². The summed E-state index contributed by atoms with van der Waals surface area (Å²) in [4.78, 5) is 2.28. The number of anilines is 1. The van der Waals surface area contributed by atoms with E-state index in [9.17, 15) is 0 Å². The van der Waals surface area contributed by atoms with Gasteiger partial charge in [0.25, 0.3) is 0 Å². The van der Waals surface area contributed by atoms with Crippen molar-refractivity contribution in [2.24, 2.45) is 5.73 Å². The van der Waals surface area contributed by atoms with Crippen LogP contribution in [0.2, 0.25) is 0 Å². The minimum atomic E-state index is 0.137. The maximum absolute atomic E-state index is 7.47. The third-order valence-electron chi connectivity index (χ3n) is 3.28. The molecule has 1 unspecified atom stereocenters. The number of nitrogen functional groups attached to an aromatic ring is 1. The zero-order chi connectivity index (χ0) is 13.0. The van der Waals surface area contributed by atoms with Crippen LogP contribution in [-0.4, -0.2) is 18.9 Å². The molecule has 0 aromatic heterocycles. The maximum Gasteiger partial charge on any atom is 0.123 e. The molecule has 0 fully saturated rings. The first kappa shape index (κ1) is 13.6. The number of hydrogen-bond acceptors (Lipinski definition) is 2. The number of nitrogens with two attached hydrogens (primary N) is 1. The molecule has 0 spiro atoms. The average Bonchev–Trinajstić information content (AvgIpc) is 2.27. The predicted molar refractivity (Wildman–Crippen MR) is 75.0 cm³/mol. The summed E-state index contributed by atoms with van der Waals surface area (Å²) >= 11 is 0.